The van der Waals surface area contributed by atoms with Crippen LogP contribution in [0.3, 0.4) is 0 Å². The number of nitrogens with one attached hydrogen (secondary N) is 1. The van der Waals surface area contributed by atoms with Crippen molar-refractivity contribution in [2.24, 2.45) is 5.73 Å². The highest BCUT2D eigenvalue weighted by Gasteiger charge is 2.24. The van der Waals surface area contributed by atoms with Crippen molar-refractivity contribution >= 4 is 5.91 Å². The third-order valence-electron chi connectivity index (χ3n) is 4.00. The normalized spacial score (nSPS) is 26.5. The molecule has 2 unspecified atom stereocenters. The molecule has 19 heavy (non-hydrogen) atoms. The van der Waals surface area contributed by atoms with Crippen LogP contribution in [0.4, 0.5) is 0 Å². The molecule has 4 heteroatoms. The molecule has 1 heterocycles. The molecule has 0 saturated carbocycles. The van der Waals surface area contributed by atoms with Crippen LogP contribution in [0.25, 0.3) is 0 Å². The summed E-state index contributed by atoms with van der Waals surface area (Å²) < 4.78 is 5.86. The van der Waals surface area contributed by atoms with Gasteiger partial charge in [0.15, 0.2) is 6.10 Å². The summed E-state index contributed by atoms with van der Waals surface area (Å²) >= 11 is 0. The molecule has 0 spiro atoms. The maximum atomic E-state index is 11.8. The zero-order chi connectivity index (χ0) is 13.2. The Morgan fingerprint density at radius 2 is 2.16 bits per heavy atom. The van der Waals surface area contributed by atoms with Crippen LogP contribution in [0.5, 0.6) is 5.75 Å². The first-order valence-electron chi connectivity index (χ1n) is 7.07. The summed E-state index contributed by atoms with van der Waals surface area (Å²) in [6, 6.07) is 6.17. The van der Waals surface area contributed by atoms with Crippen LogP contribution < -0.4 is 15.8 Å². The number of amides is 1. The summed E-state index contributed by atoms with van der Waals surface area (Å²) in [4.78, 5) is 11.8. The van der Waals surface area contributed by atoms with E-state index < -0.39 is 0 Å². The van der Waals surface area contributed by atoms with Crippen LogP contribution in [-0.4, -0.2) is 18.6 Å². The molecular formula is C15H20N2O2. The Hall–Kier alpha value is -1.55. The lowest BCUT2D eigenvalue weighted by atomic mass is 10.1. The van der Waals surface area contributed by atoms with Gasteiger partial charge in [0.25, 0.3) is 5.91 Å². The van der Waals surface area contributed by atoms with Gasteiger partial charge in [-0.1, -0.05) is 6.07 Å². The second kappa shape index (κ2) is 5.21. The average molecular weight is 260 g/mol. The standard InChI is InChI=1S/C15H20N2O2/c16-13-7-4-10-9-11(5-6-12(10)13)19-14-3-1-2-8-17-15(14)18/h5-6,9,13-14H,1-4,7-8,16H2,(H,17,18). The monoisotopic (exact) mass is 260 g/mol. The summed E-state index contributed by atoms with van der Waals surface area (Å²) in [6.45, 7) is 0.762. The summed E-state index contributed by atoms with van der Waals surface area (Å²) in [7, 11) is 0. The second-order valence-electron chi connectivity index (χ2n) is 5.40. The van der Waals surface area contributed by atoms with E-state index in [1.54, 1.807) is 0 Å². The number of nitrogens with two attached hydrogens (primary N) is 1. The van der Waals surface area contributed by atoms with Crippen molar-refractivity contribution in [1.82, 2.24) is 5.32 Å². The molecule has 3 N–H and O–H groups in total. The molecule has 1 aromatic carbocycles. The fraction of sp³-hybridized carbons (Fsp3) is 0.533. The molecular weight excluding hydrogens is 240 g/mol. The molecule has 1 saturated heterocycles. The number of carbonyl (C=O) groups excluding carboxylic acids is 1. The average Bonchev–Trinajstić information content (AvgIpc) is 2.65. The van der Waals surface area contributed by atoms with Gasteiger partial charge in [0.05, 0.1) is 0 Å². The molecule has 3 rings (SSSR count). The SMILES string of the molecule is NC1CCc2cc(OC3CCCCNC3=O)ccc21. The van der Waals surface area contributed by atoms with Gasteiger partial charge in [0, 0.05) is 12.6 Å². The van der Waals surface area contributed by atoms with Crippen LogP contribution in [-0.2, 0) is 11.2 Å². The molecule has 1 aliphatic heterocycles. The van der Waals surface area contributed by atoms with Gasteiger partial charge in [-0.2, -0.15) is 0 Å². The van der Waals surface area contributed by atoms with Gasteiger partial charge in [0.2, 0.25) is 0 Å². The molecule has 1 amide bonds. The fourth-order valence-electron chi connectivity index (χ4n) is 2.89. The largest absolute Gasteiger partial charge is 0.481 e. The van der Waals surface area contributed by atoms with Crippen LogP contribution in [0.15, 0.2) is 18.2 Å². The number of hydrogen-bond donors (Lipinski definition) is 2. The Kier molecular flexibility index (Phi) is 3.42. The molecule has 4 nitrogen and oxygen atoms in total. The molecule has 0 radical (unpaired) electrons. The minimum absolute atomic E-state index is 0.00898. The second-order valence-corrected chi connectivity index (χ2v) is 5.40. The van der Waals surface area contributed by atoms with Crippen LogP contribution in [0.2, 0.25) is 0 Å². The number of fused-ring (bicyclic) bond motifs is 1. The quantitative estimate of drug-likeness (QED) is 0.850. The van der Waals surface area contributed by atoms with Gasteiger partial charge in [-0.3, -0.25) is 4.79 Å². The van der Waals surface area contributed by atoms with E-state index in [2.05, 4.69) is 5.32 Å². The molecule has 2 aliphatic rings. The minimum atomic E-state index is -0.351. The lowest BCUT2D eigenvalue weighted by molar-refractivity contribution is -0.127. The van der Waals surface area contributed by atoms with Crippen LogP contribution in [0.1, 0.15) is 42.9 Å². The predicted molar refractivity (Wildman–Crippen MR) is 73.0 cm³/mol. The van der Waals surface area contributed by atoms with E-state index >= 15 is 0 Å². The van der Waals surface area contributed by atoms with E-state index in [0.29, 0.717) is 0 Å². The molecule has 1 aromatic rings. The van der Waals surface area contributed by atoms with E-state index in [0.717, 1.165) is 44.4 Å². The van der Waals surface area contributed by atoms with Crippen molar-refractivity contribution in [3.63, 3.8) is 0 Å². The number of rotatable bonds is 2. The van der Waals surface area contributed by atoms with Crippen molar-refractivity contribution in [1.29, 1.82) is 0 Å². The number of aryl methyl sites for hydroxylation is 1. The van der Waals surface area contributed by atoms with Gasteiger partial charge in [-0.05, 0) is 55.4 Å². The van der Waals surface area contributed by atoms with Gasteiger partial charge in [-0.15, -0.1) is 0 Å². The van der Waals surface area contributed by atoms with E-state index in [9.17, 15) is 4.79 Å². The molecule has 1 aliphatic carbocycles. The highest BCUT2D eigenvalue weighted by molar-refractivity contribution is 5.81. The van der Waals surface area contributed by atoms with Gasteiger partial charge >= 0.3 is 0 Å². The molecule has 0 bridgehead atoms. The fourth-order valence-corrected chi connectivity index (χ4v) is 2.89. The Labute approximate surface area is 113 Å². The number of hydrogen-bond acceptors (Lipinski definition) is 3. The molecule has 1 fully saturated rings. The van der Waals surface area contributed by atoms with E-state index in [1.807, 2.05) is 18.2 Å². The topological polar surface area (TPSA) is 64.3 Å². The summed E-state index contributed by atoms with van der Waals surface area (Å²) in [6.07, 6.45) is 4.51. The van der Waals surface area contributed by atoms with Crippen LogP contribution >= 0.6 is 0 Å². The lowest BCUT2D eigenvalue weighted by Crippen LogP contribution is -2.36. The Bertz CT molecular complexity index is 487. The highest BCUT2D eigenvalue weighted by Crippen LogP contribution is 2.32. The van der Waals surface area contributed by atoms with Crippen molar-refractivity contribution in [2.45, 2.75) is 44.2 Å². The maximum absolute atomic E-state index is 11.8. The molecule has 0 aromatic heterocycles. The summed E-state index contributed by atoms with van der Waals surface area (Å²) in [5.41, 5.74) is 8.50. The third kappa shape index (κ3) is 2.59. The van der Waals surface area contributed by atoms with Crippen molar-refractivity contribution in [3.8, 4) is 5.75 Å². The van der Waals surface area contributed by atoms with Gasteiger partial charge in [-0.25, -0.2) is 0 Å². The first-order chi connectivity index (χ1) is 9.24. The number of benzene rings is 1. The van der Waals surface area contributed by atoms with E-state index in [4.69, 9.17) is 10.5 Å². The maximum Gasteiger partial charge on any atom is 0.261 e. The highest BCUT2D eigenvalue weighted by atomic mass is 16.5. The van der Waals surface area contributed by atoms with Crippen LogP contribution in [0, 0.1) is 0 Å². The Balaban J connectivity index is 1.74. The first kappa shape index (κ1) is 12.5. The number of ether oxygens (including phenoxy) is 1. The van der Waals surface area contributed by atoms with Gasteiger partial charge < -0.3 is 15.8 Å². The molecule has 2 atom stereocenters. The Morgan fingerprint density at radius 1 is 1.26 bits per heavy atom. The third-order valence-corrected chi connectivity index (χ3v) is 4.00. The number of carbonyl (C=O) groups is 1. The van der Waals surface area contributed by atoms with E-state index in [1.165, 1.54) is 11.1 Å². The van der Waals surface area contributed by atoms with Crippen molar-refractivity contribution in [3.05, 3.63) is 29.3 Å². The van der Waals surface area contributed by atoms with E-state index in [-0.39, 0.29) is 18.1 Å². The summed E-state index contributed by atoms with van der Waals surface area (Å²) in [5.74, 6) is 0.796. The zero-order valence-electron chi connectivity index (χ0n) is 11.0. The minimum Gasteiger partial charge on any atom is -0.481 e. The molecule has 102 valence electrons. The summed E-state index contributed by atoms with van der Waals surface area (Å²) in [5, 5.41) is 2.89. The van der Waals surface area contributed by atoms with Crippen molar-refractivity contribution < 1.29 is 9.53 Å². The first-order valence-corrected chi connectivity index (χ1v) is 7.07. The van der Waals surface area contributed by atoms with Crippen molar-refractivity contribution in [2.75, 3.05) is 6.54 Å². The lowest BCUT2D eigenvalue weighted by Gasteiger charge is -2.16. The zero-order valence-corrected chi connectivity index (χ0v) is 11.0. The predicted octanol–water partition coefficient (Wildman–Crippen LogP) is 1.68. The Morgan fingerprint density at radius 3 is 3.05 bits per heavy atom. The van der Waals surface area contributed by atoms with Gasteiger partial charge in [0.1, 0.15) is 5.75 Å². The smallest absolute Gasteiger partial charge is 0.261 e.